The quantitative estimate of drug-likeness (QED) is 0.857. The first-order valence-electron chi connectivity index (χ1n) is 8.17. The molecule has 1 unspecified atom stereocenters. The van der Waals surface area contributed by atoms with E-state index in [1.54, 1.807) is 12.1 Å². The van der Waals surface area contributed by atoms with Crippen LogP contribution in [-0.2, 0) is 9.59 Å². The predicted molar refractivity (Wildman–Crippen MR) is 87.3 cm³/mol. The minimum atomic E-state index is -0.00855. The normalized spacial score (nSPS) is 20.9. The number of carbonyl (C=O) groups excluding carboxylic acids is 2. The van der Waals surface area contributed by atoms with Crippen molar-refractivity contribution >= 4 is 17.5 Å². The molecule has 1 aromatic rings. The maximum atomic E-state index is 12.2. The van der Waals surface area contributed by atoms with Crippen molar-refractivity contribution in [2.24, 2.45) is 5.92 Å². The van der Waals surface area contributed by atoms with Crippen LogP contribution in [0.4, 0.5) is 5.69 Å². The van der Waals surface area contributed by atoms with Gasteiger partial charge in [-0.1, -0.05) is 6.07 Å². The van der Waals surface area contributed by atoms with E-state index >= 15 is 0 Å². The van der Waals surface area contributed by atoms with E-state index in [0.29, 0.717) is 30.6 Å². The number of amides is 2. The predicted octanol–water partition coefficient (Wildman–Crippen LogP) is 1.23. The lowest BCUT2D eigenvalue weighted by atomic mass is 10.2. The highest BCUT2D eigenvalue weighted by Gasteiger charge is 2.29. The molecular weight excluding hydrogens is 294 g/mol. The summed E-state index contributed by atoms with van der Waals surface area (Å²) < 4.78 is 5.59. The van der Waals surface area contributed by atoms with Crippen LogP contribution in [0.3, 0.4) is 0 Å². The van der Waals surface area contributed by atoms with Crippen molar-refractivity contribution < 1.29 is 14.3 Å². The Morgan fingerprint density at radius 3 is 2.96 bits per heavy atom. The summed E-state index contributed by atoms with van der Waals surface area (Å²) in [5.74, 6) is 0.810. The van der Waals surface area contributed by atoms with Crippen molar-refractivity contribution in [3.05, 3.63) is 24.3 Å². The number of carbonyl (C=O) groups is 2. The van der Waals surface area contributed by atoms with Gasteiger partial charge in [-0.15, -0.1) is 0 Å². The molecule has 1 aliphatic heterocycles. The van der Waals surface area contributed by atoms with Crippen LogP contribution >= 0.6 is 0 Å². The second-order valence-electron chi connectivity index (χ2n) is 6.27. The molecule has 0 spiro atoms. The standard InChI is InChI=1S/C17H23N3O3/c1-12-10-20(8-7-18-12)16(21)11-23-15-4-2-3-14(9-15)19-17(22)13-5-6-13/h2-4,9,12-13,18H,5-8,10-11H2,1H3,(H,19,22). The Bertz CT molecular complexity index is 586. The Hall–Kier alpha value is -2.08. The molecule has 2 N–H and O–H groups in total. The molecule has 1 aliphatic carbocycles. The topological polar surface area (TPSA) is 70.7 Å². The molecule has 2 aliphatic rings. The highest BCUT2D eigenvalue weighted by atomic mass is 16.5. The second-order valence-corrected chi connectivity index (χ2v) is 6.27. The summed E-state index contributed by atoms with van der Waals surface area (Å²) in [6.45, 7) is 4.32. The summed E-state index contributed by atoms with van der Waals surface area (Å²) >= 11 is 0. The Kier molecular flexibility index (Phi) is 4.81. The number of ether oxygens (including phenoxy) is 1. The van der Waals surface area contributed by atoms with Crippen molar-refractivity contribution in [3.8, 4) is 5.75 Å². The molecule has 2 fully saturated rings. The third kappa shape index (κ3) is 4.45. The average molecular weight is 317 g/mol. The molecule has 0 radical (unpaired) electrons. The molecule has 6 heteroatoms. The van der Waals surface area contributed by atoms with Gasteiger partial charge >= 0.3 is 0 Å². The van der Waals surface area contributed by atoms with Gasteiger partial charge in [0.1, 0.15) is 5.75 Å². The number of hydrogen-bond donors (Lipinski definition) is 2. The van der Waals surface area contributed by atoms with Gasteiger partial charge in [0.2, 0.25) is 5.91 Å². The van der Waals surface area contributed by atoms with E-state index in [4.69, 9.17) is 4.74 Å². The summed E-state index contributed by atoms with van der Waals surface area (Å²) in [6.07, 6.45) is 1.94. The van der Waals surface area contributed by atoms with Crippen molar-refractivity contribution in [2.75, 3.05) is 31.6 Å². The van der Waals surface area contributed by atoms with Gasteiger partial charge in [0.15, 0.2) is 6.61 Å². The minimum absolute atomic E-state index is 0.00855. The third-order valence-corrected chi connectivity index (χ3v) is 4.13. The molecule has 124 valence electrons. The van der Waals surface area contributed by atoms with Crippen molar-refractivity contribution in [2.45, 2.75) is 25.8 Å². The summed E-state index contributed by atoms with van der Waals surface area (Å²) in [6, 6.07) is 7.50. The van der Waals surface area contributed by atoms with Crippen molar-refractivity contribution in [1.29, 1.82) is 0 Å². The molecule has 1 atom stereocenters. The van der Waals surface area contributed by atoms with Crippen LogP contribution in [0.5, 0.6) is 5.75 Å². The fourth-order valence-electron chi connectivity index (χ4n) is 2.65. The van der Waals surface area contributed by atoms with Gasteiger partial charge in [-0.3, -0.25) is 9.59 Å². The van der Waals surface area contributed by atoms with Crippen molar-refractivity contribution in [3.63, 3.8) is 0 Å². The number of rotatable bonds is 5. The van der Waals surface area contributed by atoms with Gasteiger partial charge in [-0.25, -0.2) is 0 Å². The zero-order chi connectivity index (χ0) is 16.2. The highest BCUT2D eigenvalue weighted by molar-refractivity contribution is 5.94. The summed E-state index contributed by atoms with van der Waals surface area (Å²) in [7, 11) is 0. The zero-order valence-electron chi connectivity index (χ0n) is 13.4. The molecule has 1 saturated carbocycles. The van der Waals surface area contributed by atoms with Crippen LogP contribution < -0.4 is 15.4 Å². The number of anilines is 1. The lowest BCUT2D eigenvalue weighted by Crippen LogP contribution is -2.52. The second kappa shape index (κ2) is 7.00. The summed E-state index contributed by atoms with van der Waals surface area (Å²) in [5.41, 5.74) is 0.711. The smallest absolute Gasteiger partial charge is 0.260 e. The minimum Gasteiger partial charge on any atom is -0.484 e. The van der Waals surface area contributed by atoms with E-state index in [1.165, 1.54) is 0 Å². The van der Waals surface area contributed by atoms with Gasteiger partial charge in [0.25, 0.3) is 5.91 Å². The monoisotopic (exact) mass is 317 g/mol. The molecule has 1 aromatic carbocycles. The largest absolute Gasteiger partial charge is 0.484 e. The molecule has 1 saturated heterocycles. The van der Waals surface area contributed by atoms with E-state index in [9.17, 15) is 9.59 Å². The van der Waals surface area contributed by atoms with Gasteiger partial charge in [0.05, 0.1) is 0 Å². The number of nitrogens with one attached hydrogen (secondary N) is 2. The molecule has 1 heterocycles. The molecule has 6 nitrogen and oxygen atoms in total. The molecule has 0 aromatic heterocycles. The molecule has 0 bridgehead atoms. The molecule has 2 amide bonds. The lowest BCUT2D eigenvalue weighted by molar-refractivity contribution is -0.134. The number of benzene rings is 1. The highest BCUT2D eigenvalue weighted by Crippen LogP contribution is 2.30. The Morgan fingerprint density at radius 2 is 2.22 bits per heavy atom. The van der Waals surface area contributed by atoms with Gasteiger partial charge in [-0.05, 0) is 31.9 Å². The van der Waals surface area contributed by atoms with Gasteiger partial charge < -0.3 is 20.3 Å². The van der Waals surface area contributed by atoms with E-state index in [-0.39, 0.29) is 24.3 Å². The fourth-order valence-corrected chi connectivity index (χ4v) is 2.65. The Labute approximate surface area is 136 Å². The van der Waals surface area contributed by atoms with Crippen LogP contribution in [-0.4, -0.2) is 49.0 Å². The van der Waals surface area contributed by atoms with E-state index in [1.807, 2.05) is 17.0 Å². The number of piperazine rings is 1. The van der Waals surface area contributed by atoms with Crippen LogP contribution in [0.25, 0.3) is 0 Å². The third-order valence-electron chi connectivity index (χ3n) is 4.13. The van der Waals surface area contributed by atoms with E-state index < -0.39 is 0 Å². The first-order chi connectivity index (χ1) is 11.1. The summed E-state index contributed by atoms with van der Waals surface area (Å²) in [5, 5.41) is 6.18. The zero-order valence-corrected chi connectivity index (χ0v) is 13.4. The number of hydrogen-bond acceptors (Lipinski definition) is 4. The van der Waals surface area contributed by atoms with Crippen LogP contribution in [0.1, 0.15) is 19.8 Å². The average Bonchev–Trinajstić information content (AvgIpc) is 3.38. The summed E-state index contributed by atoms with van der Waals surface area (Å²) in [4.78, 5) is 25.8. The van der Waals surface area contributed by atoms with Crippen LogP contribution in [0, 0.1) is 5.92 Å². The first-order valence-corrected chi connectivity index (χ1v) is 8.17. The van der Waals surface area contributed by atoms with Crippen molar-refractivity contribution in [1.82, 2.24) is 10.2 Å². The van der Waals surface area contributed by atoms with Gasteiger partial charge in [-0.2, -0.15) is 0 Å². The fraction of sp³-hybridized carbons (Fsp3) is 0.529. The Morgan fingerprint density at radius 1 is 1.39 bits per heavy atom. The molecule has 3 rings (SSSR count). The van der Waals surface area contributed by atoms with E-state index in [0.717, 1.165) is 19.4 Å². The molecular formula is C17H23N3O3. The maximum Gasteiger partial charge on any atom is 0.260 e. The van der Waals surface area contributed by atoms with Crippen LogP contribution in [0.15, 0.2) is 24.3 Å². The molecule has 23 heavy (non-hydrogen) atoms. The number of nitrogens with zero attached hydrogens (tertiary/aromatic N) is 1. The first kappa shape index (κ1) is 15.8. The maximum absolute atomic E-state index is 12.2. The SMILES string of the molecule is CC1CN(C(=O)COc2cccc(NC(=O)C3CC3)c2)CCN1. The van der Waals surface area contributed by atoms with Crippen LogP contribution in [0.2, 0.25) is 0 Å². The Balaban J connectivity index is 1.51. The van der Waals surface area contributed by atoms with E-state index in [2.05, 4.69) is 17.6 Å². The lowest BCUT2D eigenvalue weighted by Gasteiger charge is -2.31. The van der Waals surface area contributed by atoms with Gasteiger partial charge in [0, 0.05) is 43.3 Å².